The fourth-order valence-electron chi connectivity index (χ4n) is 1.72. The standard InChI is InChI=1S/C13H17N3O2S/c1-3-18-7-6-15-12(17)11-10(14)9-5-4-8(2)16-13(9)19-11/h4-5H,3,6-7,14H2,1-2H3,(H,15,17). The van der Waals surface area contributed by atoms with Gasteiger partial charge >= 0.3 is 0 Å². The van der Waals surface area contributed by atoms with Crippen LogP contribution in [-0.2, 0) is 4.74 Å². The van der Waals surface area contributed by atoms with Crippen molar-refractivity contribution in [2.45, 2.75) is 13.8 Å². The molecule has 0 atom stereocenters. The molecule has 5 nitrogen and oxygen atoms in total. The van der Waals surface area contributed by atoms with E-state index in [1.165, 1.54) is 11.3 Å². The maximum Gasteiger partial charge on any atom is 0.263 e. The lowest BCUT2D eigenvalue weighted by Gasteiger charge is -2.04. The van der Waals surface area contributed by atoms with Gasteiger partial charge in [-0.3, -0.25) is 4.79 Å². The van der Waals surface area contributed by atoms with E-state index in [0.29, 0.717) is 30.3 Å². The molecule has 0 aliphatic rings. The molecule has 0 saturated carbocycles. The Morgan fingerprint density at radius 3 is 3.05 bits per heavy atom. The molecule has 2 aromatic rings. The zero-order valence-corrected chi connectivity index (χ0v) is 11.8. The number of carbonyl (C=O) groups excluding carboxylic acids is 1. The molecule has 3 N–H and O–H groups in total. The summed E-state index contributed by atoms with van der Waals surface area (Å²) in [5, 5.41) is 3.63. The smallest absolute Gasteiger partial charge is 0.263 e. The van der Waals surface area contributed by atoms with Crippen molar-refractivity contribution < 1.29 is 9.53 Å². The van der Waals surface area contributed by atoms with Crippen LogP contribution in [0, 0.1) is 6.92 Å². The first-order chi connectivity index (χ1) is 9.13. The quantitative estimate of drug-likeness (QED) is 0.820. The number of nitrogen functional groups attached to an aromatic ring is 1. The van der Waals surface area contributed by atoms with E-state index < -0.39 is 0 Å². The van der Waals surface area contributed by atoms with Crippen molar-refractivity contribution in [3.8, 4) is 0 Å². The summed E-state index contributed by atoms with van der Waals surface area (Å²) in [7, 11) is 0. The number of ether oxygens (including phenoxy) is 1. The monoisotopic (exact) mass is 279 g/mol. The Morgan fingerprint density at radius 2 is 2.32 bits per heavy atom. The highest BCUT2D eigenvalue weighted by Crippen LogP contribution is 2.32. The van der Waals surface area contributed by atoms with Crippen molar-refractivity contribution in [1.29, 1.82) is 0 Å². The lowest BCUT2D eigenvalue weighted by atomic mass is 10.2. The number of pyridine rings is 1. The van der Waals surface area contributed by atoms with Crippen LogP contribution >= 0.6 is 11.3 Å². The summed E-state index contributed by atoms with van der Waals surface area (Å²) < 4.78 is 5.17. The number of nitrogens with two attached hydrogens (primary N) is 1. The third-order valence-electron chi connectivity index (χ3n) is 2.68. The molecule has 0 saturated heterocycles. The molecule has 0 aliphatic heterocycles. The number of anilines is 1. The topological polar surface area (TPSA) is 77.2 Å². The van der Waals surface area contributed by atoms with Gasteiger partial charge in [-0.05, 0) is 26.0 Å². The Labute approximate surface area is 115 Å². The van der Waals surface area contributed by atoms with Crippen molar-refractivity contribution in [3.63, 3.8) is 0 Å². The molecule has 2 heterocycles. The van der Waals surface area contributed by atoms with Gasteiger partial charge in [0.2, 0.25) is 0 Å². The Bertz CT molecular complexity index is 595. The molecular formula is C13H17N3O2S. The minimum absolute atomic E-state index is 0.169. The van der Waals surface area contributed by atoms with Crippen LogP contribution in [0.15, 0.2) is 12.1 Å². The zero-order valence-electron chi connectivity index (χ0n) is 11.0. The summed E-state index contributed by atoms with van der Waals surface area (Å²) in [5.74, 6) is -0.169. The van der Waals surface area contributed by atoms with Gasteiger partial charge in [0.15, 0.2) is 0 Å². The average Bonchev–Trinajstić information content (AvgIpc) is 2.71. The summed E-state index contributed by atoms with van der Waals surface area (Å²) in [6.07, 6.45) is 0. The number of hydrogen-bond acceptors (Lipinski definition) is 5. The van der Waals surface area contributed by atoms with Crippen molar-refractivity contribution >= 4 is 33.1 Å². The Morgan fingerprint density at radius 1 is 1.53 bits per heavy atom. The Hall–Kier alpha value is -1.66. The van der Waals surface area contributed by atoms with Crippen LogP contribution < -0.4 is 11.1 Å². The van der Waals surface area contributed by atoms with Crippen LogP contribution in [0.2, 0.25) is 0 Å². The summed E-state index contributed by atoms with van der Waals surface area (Å²) >= 11 is 1.32. The summed E-state index contributed by atoms with van der Waals surface area (Å²) in [6.45, 7) is 5.46. The Balaban J connectivity index is 2.15. The van der Waals surface area contributed by atoms with Gasteiger partial charge in [-0.2, -0.15) is 0 Å². The van der Waals surface area contributed by atoms with Gasteiger partial charge in [-0.1, -0.05) is 0 Å². The second kappa shape index (κ2) is 5.99. The second-order valence-electron chi connectivity index (χ2n) is 4.10. The molecule has 2 rings (SSSR count). The number of hydrogen-bond donors (Lipinski definition) is 2. The van der Waals surface area contributed by atoms with Crippen molar-refractivity contribution in [2.75, 3.05) is 25.5 Å². The molecule has 0 aliphatic carbocycles. The highest BCUT2D eigenvalue weighted by molar-refractivity contribution is 7.21. The molecule has 1 amide bonds. The van der Waals surface area contributed by atoms with Gasteiger partial charge < -0.3 is 15.8 Å². The average molecular weight is 279 g/mol. The van der Waals surface area contributed by atoms with Crippen LogP contribution in [0.3, 0.4) is 0 Å². The molecule has 2 aromatic heterocycles. The lowest BCUT2D eigenvalue weighted by molar-refractivity contribution is 0.0927. The predicted octanol–water partition coefficient (Wildman–Crippen LogP) is 1.95. The number of rotatable bonds is 5. The molecule has 6 heteroatoms. The first-order valence-electron chi connectivity index (χ1n) is 6.15. The van der Waals surface area contributed by atoms with Crippen LogP contribution in [0.25, 0.3) is 10.2 Å². The summed E-state index contributed by atoms with van der Waals surface area (Å²) in [4.78, 5) is 17.7. The first-order valence-corrected chi connectivity index (χ1v) is 6.96. The van der Waals surface area contributed by atoms with E-state index in [-0.39, 0.29) is 5.91 Å². The fraction of sp³-hybridized carbons (Fsp3) is 0.385. The molecule has 102 valence electrons. The minimum Gasteiger partial charge on any atom is -0.397 e. The van der Waals surface area contributed by atoms with Gasteiger partial charge in [0.25, 0.3) is 5.91 Å². The van der Waals surface area contributed by atoms with E-state index in [0.717, 1.165) is 15.9 Å². The number of nitrogens with one attached hydrogen (secondary N) is 1. The number of nitrogens with zero attached hydrogens (tertiary/aromatic N) is 1. The normalized spacial score (nSPS) is 10.8. The SMILES string of the molecule is CCOCCNC(=O)c1sc2nc(C)ccc2c1N. The maximum absolute atomic E-state index is 12.0. The van der Waals surface area contributed by atoms with E-state index >= 15 is 0 Å². The third kappa shape index (κ3) is 3.02. The van der Waals surface area contributed by atoms with Gasteiger partial charge in [0.1, 0.15) is 9.71 Å². The maximum atomic E-state index is 12.0. The number of aryl methyl sites for hydroxylation is 1. The van der Waals surface area contributed by atoms with Gasteiger partial charge in [0, 0.05) is 24.2 Å². The summed E-state index contributed by atoms with van der Waals surface area (Å²) in [5.41, 5.74) is 7.41. The molecule has 0 spiro atoms. The van der Waals surface area contributed by atoms with Gasteiger partial charge in [-0.25, -0.2) is 4.98 Å². The van der Waals surface area contributed by atoms with E-state index in [9.17, 15) is 4.79 Å². The van der Waals surface area contributed by atoms with E-state index in [1.54, 1.807) is 0 Å². The molecule has 0 aromatic carbocycles. The largest absolute Gasteiger partial charge is 0.397 e. The van der Waals surface area contributed by atoms with Gasteiger partial charge in [-0.15, -0.1) is 11.3 Å². The van der Waals surface area contributed by atoms with Crippen molar-refractivity contribution in [1.82, 2.24) is 10.3 Å². The van der Waals surface area contributed by atoms with Crippen LogP contribution in [-0.4, -0.2) is 30.6 Å². The molecule has 0 bridgehead atoms. The highest BCUT2D eigenvalue weighted by atomic mass is 32.1. The van der Waals surface area contributed by atoms with Crippen LogP contribution in [0.5, 0.6) is 0 Å². The molecule has 0 fully saturated rings. The summed E-state index contributed by atoms with van der Waals surface area (Å²) in [6, 6.07) is 3.79. The number of thiophene rings is 1. The van der Waals surface area contributed by atoms with Crippen LogP contribution in [0.4, 0.5) is 5.69 Å². The fourth-order valence-corrected chi connectivity index (χ4v) is 2.78. The Kier molecular flexibility index (Phi) is 4.34. The van der Waals surface area contributed by atoms with Gasteiger partial charge in [0.05, 0.1) is 12.3 Å². The highest BCUT2D eigenvalue weighted by Gasteiger charge is 2.16. The number of carbonyl (C=O) groups is 1. The number of fused-ring (bicyclic) bond motifs is 1. The second-order valence-corrected chi connectivity index (χ2v) is 5.10. The predicted molar refractivity (Wildman–Crippen MR) is 77.6 cm³/mol. The molecule has 0 unspecified atom stereocenters. The molecule has 0 radical (unpaired) electrons. The van der Waals surface area contributed by atoms with Crippen molar-refractivity contribution in [2.24, 2.45) is 0 Å². The number of aromatic nitrogens is 1. The molecular weight excluding hydrogens is 262 g/mol. The van der Waals surface area contributed by atoms with Crippen LogP contribution in [0.1, 0.15) is 22.3 Å². The zero-order chi connectivity index (χ0) is 13.8. The van der Waals surface area contributed by atoms with E-state index in [2.05, 4.69) is 10.3 Å². The van der Waals surface area contributed by atoms with E-state index in [4.69, 9.17) is 10.5 Å². The molecule has 19 heavy (non-hydrogen) atoms. The number of amides is 1. The first kappa shape index (κ1) is 13.8. The minimum atomic E-state index is -0.169. The van der Waals surface area contributed by atoms with Crippen molar-refractivity contribution in [3.05, 3.63) is 22.7 Å². The lowest BCUT2D eigenvalue weighted by Crippen LogP contribution is -2.27. The van der Waals surface area contributed by atoms with E-state index in [1.807, 2.05) is 26.0 Å². The third-order valence-corrected chi connectivity index (χ3v) is 3.79.